The smallest absolute Gasteiger partial charge is 0.321 e. The van der Waals surface area contributed by atoms with Crippen molar-refractivity contribution >= 4 is 11.7 Å². The Bertz CT molecular complexity index is 906. The fourth-order valence-electron chi connectivity index (χ4n) is 2.72. The number of ether oxygens (including phenoxy) is 1. The van der Waals surface area contributed by atoms with Crippen molar-refractivity contribution in [1.82, 2.24) is 25.0 Å². The summed E-state index contributed by atoms with van der Waals surface area (Å²) >= 11 is 0. The normalized spacial score (nSPS) is 13.9. The molecular weight excluding hydrogens is 348 g/mol. The number of carbonyl (C=O) groups excluding carboxylic acids is 1. The Hall–Kier alpha value is -3.49. The van der Waals surface area contributed by atoms with Gasteiger partial charge >= 0.3 is 6.03 Å². The quantitative estimate of drug-likeness (QED) is 0.739. The van der Waals surface area contributed by atoms with E-state index in [0.29, 0.717) is 37.1 Å². The standard InChI is InChI=1S/C18H18N6O3/c1-2-26-14-5-3-13(4-6-14)21-18(25)24-10-12(11-24)17-22-16(23-27-17)15-9-19-7-8-20-15/h3-9,12H,2,10-11H2,1H3,(H,21,25). The van der Waals surface area contributed by atoms with Crippen molar-refractivity contribution < 1.29 is 14.1 Å². The van der Waals surface area contributed by atoms with Gasteiger partial charge in [0, 0.05) is 31.2 Å². The highest BCUT2D eigenvalue weighted by atomic mass is 16.5. The van der Waals surface area contributed by atoms with Crippen molar-refractivity contribution in [2.45, 2.75) is 12.8 Å². The molecule has 0 saturated carbocycles. The van der Waals surface area contributed by atoms with Crippen LogP contribution in [0.5, 0.6) is 5.75 Å². The highest BCUT2D eigenvalue weighted by Crippen LogP contribution is 2.28. The number of hydrogen-bond donors (Lipinski definition) is 1. The van der Waals surface area contributed by atoms with Crippen LogP contribution in [0.25, 0.3) is 11.5 Å². The second-order valence-corrected chi connectivity index (χ2v) is 6.04. The lowest BCUT2D eigenvalue weighted by molar-refractivity contribution is 0.147. The third-order valence-electron chi connectivity index (χ3n) is 4.17. The molecule has 0 atom stereocenters. The number of anilines is 1. The SMILES string of the molecule is CCOc1ccc(NC(=O)N2CC(c3nc(-c4cnccn4)no3)C2)cc1. The number of nitrogens with one attached hydrogen (secondary N) is 1. The van der Waals surface area contributed by atoms with Crippen LogP contribution in [0.2, 0.25) is 0 Å². The second kappa shape index (κ2) is 7.40. The number of amides is 2. The summed E-state index contributed by atoms with van der Waals surface area (Å²) < 4.78 is 10.7. The molecule has 1 N–H and O–H groups in total. The lowest BCUT2D eigenvalue weighted by atomic mass is 10.0. The zero-order chi connectivity index (χ0) is 18.6. The van der Waals surface area contributed by atoms with Gasteiger partial charge in [-0.1, -0.05) is 5.16 Å². The lowest BCUT2D eigenvalue weighted by Gasteiger charge is -2.36. The van der Waals surface area contributed by atoms with Gasteiger partial charge in [-0.25, -0.2) is 9.78 Å². The van der Waals surface area contributed by atoms with Gasteiger partial charge in [-0.3, -0.25) is 4.98 Å². The molecule has 138 valence electrons. The molecule has 3 aromatic rings. The number of urea groups is 1. The van der Waals surface area contributed by atoms with Crippen LogP contribution >= 0.6 is 0 Å². The van der Waals surface area contributed by atoms with E-state index in [4.69, 9.17) is 9.26 Å². The lowest BCUT2D eigenvalue weighted by Crippen LogP contribution is -2.50. The van der Waals surface area contributed by atoms with E-state index in [1.807, 2.05) is 31.2 Å². The number of carbonyl (C=O) groups is 1. The van der Waals surface area contributed by atoms with Gasteiger partial charge in [0.2, 0.25) is 11.7 Å². The van der Waals surface area contributed by atoms with Crippen LogP contribution in [-0.4, -0.2) is 50.7 Å². The first-order chi connectivity index (χ1) is 13.2. The van der Waals surface area contributed by atoms with Crippen LogP contribution in [0.3, 0.4) is 0 Å². The second-order valence-electron chi connectivity index (χ2n) is 6.04. The molecule has 0 aliphatic carbocycles. The number of benzene rings is 1. The van der Waals surface area contributed by atoms with Crippen molar-refractivity contribution in [2.75, 3.05) is 25.0 Å². The Balaban J connectivity index is 1.31. The molecule has 0 bridgehead atoms. The summed E-state index contributed by atoms with van der Waals surface area (Å²) in [5.74, 6) is 1.69. The van der Waals surface area contributed by atoms with Crippen molar-refractivity contribution in [2.24, 2.45) is 0 Å². The Morgan fingerprint density at radius 2 is 2.11 bits per heavy atom. The maximum absolute atomic E-state index is 12.3. The number of likely N-dealkylation sites (tertiary alicyclic amines) is 1. The molecule has 1 saturated heterocycles. The average molecular weight is 366 g/mol. The van der Waals surface area contributed by atoms with Gasteiger partial charge < -0.3 is 19.5 Å². The van der Waals surface area contributed by atoms with Crippen LogP contribution in [0.1, 0.15) is 18.7 Å². The van der Waals surface area contributed by atoms with Gasteiger partial charge in [-0.15, -0.1) is 0 Å². The molecule has 1 aromatic carbocycles. The summed E-state index contributed by atoms with van der Waals surface area (Å²) in [6, 6.07) is 7.11. The molecule has 9 nitrogen and oxygen atoms in total. The van der Waals surface area contributed by atoms with Crippen LogP contribution < -0.4 is 10.1 Å². The topological polar surface area (TPSA) is 106 Å². The van der Waals surface area contributed by atoms with Crippen molar-refractivity contribution in [3.63, 3.8) is 0 Å². The minimum Gasteiger partial charge on any atom is -0.494 e. The van der Waals surface area contributed by atoms with Crippen LogP contribution in [-0.2, 0) is 0 Å². The molecule has 2 amide bonds. The third-order valence-corrected chi connectivity index (χ3v) is 4.17. The first kappa shape index (κ1) is 17.0. The number of rotatable bonds is 5. The van der Waals surface area contributed by atoms with Crippen LogP contribution in [0.4, 0.5) is 10.5 Å². The predicted octanol–water partition coefficient (Wildman–Crippen LogP) is 2.56. The highest BCUT2D eigenvalue weighted by molar-refractivity contribution is 5.90. The van der Waals surface area contributed by atoms with E-state index in [1.54, 1.807) is 23.5 Å². The van der Waals surface area contributed by atoms with Gasteiger partial charge in [0.05, 0.1) is 18.7 Å². The number of aromatic nitrogens is 4. The van der Waals surface area contributed by atoms with E-state index < -0.39 is 0 Å². The third kappa shape index (κ3) is 3.71. The highest BCUT2D eigenvalue weighted by Gasteiger charge is 2.35. The molecule has 9 heteroatoms. The van der Waals surface area contributed by atoms with E-state index in [-0.39, 0.29) is 11.9 Å². The summed E-state index contributed by atoms with van der Waals surface area (Å²) in [4.78, 5) is 26.5. The zero-order valence-electron chi connectivity index (χ0n) is 14.7. The number of nitrogens with zero attached hydrogens (tertiary/aromatic N) is 5. The number of hydrogen-bond acceptors (Lipinski definition) is 7. The summed E-state index contributed by atoms with van der Waals surface area (Å²) in [5, 5.41) is 6.79. The van der Waals surface area contributed by atoms with E-state index >= 15 is 0 Å². The molecule has 1 aliphatic rings. The molecular formula is C18H18N6O3. The van der Waals surface area contributed by atoms with Gasteiger partial charge in [-0.2, -0.15) is 4.98 Å². The first-order valence-corrected chi connectivity index (χ1v) is 8.61. The minimum atomic E-state index is -0.163. The van der Waals surface area contributed by atoms with E-state index in [1.165, 1.54) is 0 Å². The largest absolute Gasteiger partial charge is 0.494 e. The van der Waals surface area contributed by atoms with Gasteiger partial charge in [0.15, 0.2) is 0 Å². The maximum Gasteiger partial charge on any atom is 0.321 e. The fourth-order valence-corrected chi connectivity index (χ4v) is 2.72. The van der Waals surface area contributed by atoms with Crippen LogP contribution in [0, 0.1) is 0 Å². The average Bonchev–Trinajstić information content (AvgIpc) is 3.13. The minimum absolute atomic E-state index is 0.0222. The molecule has 27 heavy (non-hydrogen) atoms. The zero-order valence-corrected chi connectivity index (χ0v) is 14.7. The molecule has 0 radical (unpaired) electrons. The first-order valence-electron chi connectivity index (χ1n) is 8.61. The molecule has 4 rings (SSSR count). The van der Waals surface area contributed by atoms with Crippen molar-refractivity contribution in [1.29, 1.82) is 0 Å². The summed E-state index contributed by atoms with van der Waals surface area (Å²) in [6.45, 7) is 3.57. The monoisotopic (exact) mass is 366 g/mol. The van der Waals surface area contributed by atoms with Gasteiger partial charge in [0.25, 0.3) is 0 Å². The molecule has 0 unspecified atom stereocenters. The van der Waals surface area contributed by atoms with Crippen LogP contribution in [0.15, 0.2) is 47.4 Å². The molecule has 2 aromatic heterocycles. The Labute approximate surface area is 155 Å². The van der Waals surface area contributed by atoms with E-state index in [2.05, 4.69) is 25.4 Å². The molecule has 1 fully saturated rings. The van der Waals surface area contributed by atoms with Crippen molar-refractivity contribution in [3.05, 3.63) is 48.7 Å². The Morgan fingerprint density at radius 1 is 1.30 bits per heavy atom. The Morgan fingerprint density at radius 3 is 2.81 bits per heavy atom. The summed E-state index contributed by atoms with van der Waals surface area (Å²) in [5.41, 5.74) is 1.27. The van der Waals surface area contributed by atoms with E-state index in [9.17, 15) is 4.79 Å². The summed E-state index contributed by atoms with van der Waals surface area (Å²) in [6.07, 6.45) is 4.73. The van der Waals surface area contributed by atoms with Crippen molar-refractivity contribution in [3.8, 4) is 17.3 Å². The van der Waals surface area contributed by atoms with Gasteiger partial charge in [-0.05, 0) is 31.2 Å². The molecule has 3 heterocycles. The molecule has 1 aliphatic heterocycles. The Kier molecular flexibility index (Phi) is 4.65. The predicted molar refractivity (Wildman–Crippen MR) is 96.3 cm³/mol. The summed E-state index contributed by atoms with van der Waals surface area (Å²) in [7, 11) is 0. The fraction of sp³-hybridized carbons (Fsp3) is 0.278. The van der Waals surface area contributed by atoms with E-state index in [0.717, 1.165) is 11.4 Å². The molecule has 0 spiro atoms. The maximum atomic E-state index is 12.3. The van der Waals surface area contributed by atoms with Gasteiger partial charge in [0.1, 0.15) is 11.4 Å².